The Hall–Kier alpha value is -0.390. The first-order chi connectivity index (χ1) is 8.27. The first-order valence-corrected chi connectivity index (χ1v) is 8.70. The van der Waals surface area contributed by atoms with Crippen LogP contribution < -0.4 is 0 Å². The molecule has 1 rings (SSSR count). The van der Waals surface area contributed by atoms with Crippen LogP contribution in [0.15, 0.2) is 12.1 Å². The number of carbonyl (C=O) groups excluding carboxylic acids is 1. The minimum atomic E-state index is -3.40. The van der Waals surface area contributed by atoms with Crippen molar-refractivity contribution in [1.82, 2.24) is 0 Å². The molecule has 1 heterocycles. The zero-order valence-electron chi connectivity index (χ0n) is 10.6. The van der Waals surface area contributed by atoms with E-state index >= 15 is 0 Å². The van der Waals surface area contributed by atoms with Gasteiger partial charge in [-0.1, -0.05) is 31.9 Å². The van der Waals surface area contributed by atoms with Gasteiger partial charge in [-0.2, -0.15) is 0 Å². The fourth-order valence-electron chi connectivity index (χ4n) is 1.47. The summed E-state index contributed by atoms with van der Waals surface area (Å²) in [5.41, 5.74) is 0. The number of halogens is 1. The smallest absolute Gasteiger partial charge is 0.190 e. The average molecular weight is 309 g/mol. The molecule has 2 atom stereocenters. The number of thiophene rings is 1. The van der Waals surface area contributed by atoms with Crippen LogP contribution in [0.5, 0.6) is 0 Å². The molecule has 0 aliphatic heterocycles. The van der Waals surface area contributed by atoms with E-state index in [2.05, 4.69) is 0 Å². The van der Waals surface area contributed by atoms with Crippen molar-refractivity contribution >= 4 is 38.6 Å². The SMILES string of the molecule is CCC(C)CS(=O)(=O)C(C)C(=O)c1ccc(Cl)s1. The van der Waals surface area contributed by atoms with Crippen LogP contribution >= 0.6 is 22.9 Å². The maximum atomic E-state index is 12.1. The second-order valence-electron chi connectivity index (χ2n) is 4.45. The summed E-state index contributed by atoms with van der Waals surface area (Å²) < 4.78 is 24.6. The van der Waals surface area contributed by atoms with Gasteiger partial charge in [0.15, 0.2) is 15.6 Å². The van der Waals surface area contributed by atoms with E-state index < -0.39 is 15.1 Å². The zero-order chi connectivity index (χ0) is 13.9. The second-order valence-corrected chi connectivity index (χ2v) is 8.53. The number of hydrogen-bond acceptors (Lipinski definition) is 4. The molecule has 0 aromatic carbocycles. The first kappa shape index (κ1) is 15.7. The van der Waals surface area contributed by atoms with E-state index in [1.54, 1.807) is 12.1 Å². The molecule has 0 fully saturated rings. The van der Waals surface area contributed by atoms with E-state index in [4.69, 9.17) is 11.6 Å². The molecule has 18 heavy (non-hydrogen) atoms. The van der Waals surface area contributed by atoms with Crippen molar-refractivity contribution in [1.29, 1.82) is 0 Å². The molecule has 0 saturated heterocycles. The van der Waals surface area contributed by atoms with Crippen LogP contribution in [0.3, 0.4) is 0 Å². The number of Topliss-reactive ketones (excluding diaryl/α,β-unsaturated/α-hetero) is 1. The molecule has 0 aliphatic rings. The molecular weight excluding hydrogens is 292 g/mol. The van der Waals surface area contributed by atoms with Gasteiger partial charge in [0.25, 0.3) is 0 Å². The Labute approximate surface area is 117 Å². The number of hydrogen-bond donors (Lipinski definition) is 0. The van der Waals surface area contributed by atoms with Crippen LogP contribution in [0, 0.1) is 5.92 Å². The van der Waals surface area contributed by atoms with Crippen molar-refractivity contribution in [3.05, 3.63) is 21.3 Å². The summed E-state index contributed by atoms with van der Waals surface area (Å²) in [6.07, 6.45) is 0.783. The first-order valence-electron chi connectivity index (χ1n) is 5.79. The summed E-state index contributed by atoms with van der Waals surface area (Å²) in [4.78, 5) is 12.5. The van der Waals surface area contributed by atoms with Gasteiger partial charge in [-0.05, 0) is 25.0 Å². The third kappa shape index (κ3) is 3.80. The Morgan fingerprint density at radius 2 is 2.00 bits per heavy atom. The highest BCUT2D eigenvalue weighted by molar-refractivity contribution is 7.92. The highest BCUT2D eigenvalue weighted by Gasteiger charge is 2.30. The molecule has 0 N–H and O–H groups in total. The molecule has 102 valence electrons. The van der Waals surface area contributed by atoms with Crippen LogP contribution in [0.1, 0.15) is 36.9 Å². The third-order valence-corrected chi connectivity index (χ3v) is 6.51. The molecule has 0 bridgehead atoms. The Balaban J connectivity index is 2.87. The fourth-order valence-corrected chi connectivity index (χ4v) is 4.39. The van der Waals surface area contributed by atoms with Gasteiger partial charge in [0.1, 0.15) is 5.25 Å². The van der Waals surface area contributed by atoms with Crippen molar-refractivity contribution in [3.63, 3.8) is 0 Å². The lowest BCUT2D eigenvalue weighted by Gasteiger charge is -2.14. The van der Waals surface area contributed by atoms with Crippen molar-refractivity contribution in [2.24, 2.45) is 5.92 Å². The molecule has 3 nitrogen and oxygen atoms in total. The van der Waals surface area contributed by atoms with E-state index in [0.29, 0.717) is 9.21 Å². The number of carbonyl (C=O) groups is 1. The lowest BCUT2D eigenvalue weighted by atomic mass is 10.2. The van der Waals surface area contributed by atoms with Crippen LogP contribution in [0.4, 0.5) is 0 Å². The topological polar surface area (TPSA) is 51.2 Å². The van der Waals surface area contributed by atoms with Crippen LogP contribution in [-0.4, -0.2) is 25.2 Å². The minimum Gasteiger partial charge on any atom is -0.292 e. The molecule has 0 saturated carbocycles. The molecule has 0 amide bonds. The van der Waals surface area contributed by atoms with Gasteiger partial charge in [0.2, 0.25) is 0 Å². The van der Waals surface area contributed by atoms with E-state index in [9.17, 15) is 13.2 Å². The Morgan fingerprint density at radius 3 is 2.44 bits per heavy atom. The molecule has 2 unspecified atom stereocenters. The maximum absolute atomic E-state index is 12.1. The monoisotopic (exact) mass is 308 g/mol. The Bertz CT molecular complexity index is 519. The molecular formula is C12H17ClO3S2. The van der Waals surface area contributed by atoms with Crippen LogP contribution in [0.25, 0.3) is 0 Å². The lowest BCUT2D eigenvalue weighted by Crippen LogP contribution is -2.31. The molecule has 0 radical (unpaired) electrons. The van der Waals surface area contributed by atoms with E-state index in [1.807, 2.05) is 13.8 Å². The third-order valence-electron chi connectivity index (χ3n) is 2.94. The van der Waals surface area contributed by atoms with Crippen LogP contribution in [0.2, 0.25) is 4.34 Å². The molecule has 0 spiro atoms. The number of ketones is 1. The predicted octanol–water partition coefficient (Wildman–Crippen LogP) is 3.43. The van der Waals surface area contributed by atoms with Crippen molar-refractivity contribution in [2.45, 2.75) is 32.4 Å². The second kappa shape index (κ2) is 6.17. The summed E-state index contributed by atoms with van der Waals surface area (Å²) >= 11 is 6.86. The lowest BCUT2D eigenvalue weighted by molar-refractivity contribution is 0.0995. The van der Waals surface area contributed by atoms with Crippen molar-refractivity contribution < 1.29 is 13.2 Å². The fraction of sp³-hybridized carbons (Fsp3) is 0.583. The summed E-state index contributed by atoms with van der Waals surface area (Å²) in [6, 6.07) is 3.18. The molecule has 1 aromatic rings. The highest BCUT2D eigenvalue weighted by Crippen LogP contribution is 2.24. The molecule has 1 aromatic heterocycles. The Kier molecular flexibility index (Phi) is 5.37. The van der Waals surface area contributed by atoms with Crippen molar-refractivity contribution in [2.75, 3.05) is 5.75 Å². The van der Waals surface area contributed by atoms with Gasteiger partial charge < -0.3 is 0 Å². The summed E-state index contributed by atoms with van der Waals surface area (Å²) in [5, 5.41) is -0.999. The van der Waals surface area contributed by atoms with Gasteiger partial charge in [-0.25, -0.2) is 8.42 Å². The minimum absolute atomic E-state index is 0.0511. The van der Waals surface area contributed by atoms with Gasteiger partial charge in [0, 0.05) is 0 Å². The average Bonchev–Trinajstić information content (AvgIpc) is 2.73. The quantitative estimate of drug-likeness (QED) is 0.756. The van der Waals surface area contributed by atoms with Gasteiger partial charge in [0.05, 0.1) is 15.0 Å². The highest BCUT2D eigenvalue weighted by atomic mass is 35.5. The van der Waals surface area contributed by atoms with E-state index in [0.717, 1.165) is 17.8 Å². The number of sulfone groups is 1. The van der Waals surface area contributed by atoms with Gasteiger partial charge >= 0.3 is 0 Å². The maximum Gasteiger partial charge on any atom is 0.190 e. The summed E-state index contributed by atoms with van der Waals surface area (Å²) in [5.74, 6) is -0.248. The van der Waals surface area contributed by atoms with E-state index in [-0.39, 0.29) is 17.5 Å². The van der Waals surface area contributed by atoms with E-state index in [1.165, 1.54) is 6.92 Å². The molecule has 0 aliphatic carbocycles. The zero-order valence-corrected chi connectivity index (χ0v) is 13.0. The van der Waals surface area contributed by atoms with Crippen molar-refractivity contribution in [3.8, 4) is 0 Å². The largest absolute Gasteiger partial charge is 0.292 e. The Morgan fingerprint density at radius 1 is 1.39 bits per heavy atom. The van der Waals surface area contributed by atoms with Gasteiger partial charge in [-0.15, -0.1) is 11.3 Å². The summed E-state index contributed by atoms with van der Waals surface area (Å²) in [6.45, 7) is 5.26. The number of rotatable bonds is 6. The normalized spacial score (nSPS) is 15.3. The summed E-state index contributed by atoms with van der Waals surface area (Å²) in [7, 11) is -3.40. The van der Waals surface area contributed by atoms with Gasteiger partial charge in [-0.3, -0.25) is 4.79 Å². The molecule has 6 heteroatoms. The van der Waals surface area contributed by atoms with Crippen LogP contribution in [-0.2, 0) is 9.84 Å². The standard InChI is InChI=1S/C12H17ClO3S2/c1-4-8(2)7-18(15,16)9(3)12(14)10-5-6-11(13)17-10/h5-6,8-9H,4,7H2,1-3H3. The predicted molar refractivity (Wildman–Crippen MR) is 76.4 cm³/mol.